The van der Waals surface area contributed by atoms with Gasteiger partial charge >= 0.3 is 0 Å². The van der Waals surface area contributed by atoms with Crippen molar-refractivity contribution in [3.05, 3.63) is 0 Å². The van der Waals surface area contributed by atoms with Gasteiger partial charge in [-0.1, -0.05) is 0 Å². The van der Waals surface area contributed by atoms with Gasteiger partial charge in [0, 0.05) is 18.1 Å². The summed E-state index contributed by atoms with van der Waals surface area (Å²) < 4.78 is 0. The van der Waals surface area contributed by atoms with Crippen LogP contribution in [0, 0.1) is 0 Å². The molecule has 0 aliphatic carbocycles. The number of carbonyl (C=O) groups is 1. The van der Waals surface area contributed by atoms with E-state index in [1.165, 1.54) is 6.42 Å². The third kappa shape index (κ3) is 1.78. The lowest BCUT2D eigenvalue weighted by molar-refractivity contribution is -0.190. The van der Waals surface area contributed by atoms with Gasteiger partial charge in [-0.25, -0.2) is 0 Å². The van der Waals surface area contributed by atoms with Crippen molar-refractivity contribution >= 4 is 5.91 Å². The molecule has 3 heteroatoms. The predicted molar refractivity (Wildman–Crippen MR) is 74.5 cm³/mol. The standard InChI is InChI=1S/C15H28N2O/c1-10(2)16(11(3)4)13-14(18)17-12(5)8-7-9-15(13,17)6/h10-13H,7-9H2,1-6H3/t12-,13-,15+/m0/s1. The van der Waals surface area contributed by atoms with Crippen molar-refractivity contribution in [1.82, 2.24) is 9.80 Å². The van der Waals surface area contributed by atoms with E-state index in [4.69, 9.17) is 0 Å². The highest BCUT2D eigenvalue weighted by Crippen LogP contribution is 2.46. The van der Waals surface area contributed by atoms with Crippen LogP contribution in [0.2, 0.25) is 0 Å². The third-order valence-electron chi connectivity index (χ3n) is 4.85. The lowest BCUT2D eigenvalue weighted by atomic mass is 9.70. The second kappa shape index (κ2) is 4.52. The maximum atomic E-state index is 12.5. The molecule has 3 atom stereocenters. The zero-order valence-electron chi connectivity index (χ0n) is 12.7. The molecule has 104 valence electrons. The Morgan fingerprint density at radius 1 is 1.28 bits per heavy atom. The number of nitrogens with zero attached hydrogens (tertiary/aromatic N) is 2. The Morgan fingerprint density at radius 3 is 2.33 bits per heavy atom. The van der Waals surface area contributed by atoms with E-state index in [1.54, 1.807) is 0 Å². The van der Waals surface area contributed by atoms with Crippen molar-refractivity contribution in [3.8, 4) is 0 Å². The Morgan fingerprint density at radius 2 is 1.83 bits per heavy atom. The minimum absolute atomic E-state index is 0.0727. The van der Waals surface area contributed by atoms with Gasteiger partial charge in [0.1, 0.15) is 6.04 Å². The van der Waals surface area contributed by atoms with Crippen molar-refractivity contribution in [1.29, 1.82) is 0 Å². The number of hydrogen-bond donors (Lipinski definition) is 0. The van der Waals surface area contributed by atoms with E-state index >= 15 is 0 Å². The molecular weight excluding hydrogens is 224 g/mol. The lowest BCUT2D eigenvalue weighted by Gasteiger charge is -2.64. The number of amides is 1. The molecule has 2 saturated heterocycles. The smallest absolute Gasteiger partial charge is 0.243 e. The van der Waals surface area contributed by atoms with E-state index in [2.05, 4.69) is 51.3 Å². The second-order valence-corrected chi connectivity index (χ2v) is 6.84. The van der Waals surface area contributed by atoms with Crippen LogP contribution in [0.5, 0.6) is 0 Å². The highest BCUT2D eigenvalue weighted by molar-refractivity contribution is 5.91. The fraction of sp³-hybridized carbons (Fsp3) is 0.933. The van der Waals surface area contributed by atoms with Crippen molar-refractivity contribution < 1.29 is 4.79 Å². The van der Waals surface area contributed by atoms with E-state index in [1.807, 2.05) is 0 Å². The quantitative estimate of drug-likeness (QED) is 0.721. The molecule has 0 aromatic heterocycles. The van der Waals surface area contributed by atoms with Crippen molar-refractivity contribution in [3.63, 3.8) is 0 Å². The first-order valence-corrected chi connectivity index (χ1v) is 7.41. The molecule has 2 rings (SSSR count). The summed E-state index contributed by atoms with van der Waals surface area (Å²) in [4.78, 5) is 17.1. The van der Waals surface area contributed by atoms with Gasteiger partial charge in [0.05, 0.1) is 5.54 Å². The first kappa shape index (κ1) is 13.9. The minimum Gasteiger partial charge on any atom is -0.331 e. The first-order chi connectivity index (χ1) is 8.30. The molecule has 0 N–H and O–H groups in total. The number of hydrogen-bond acceptors (Lipinski definition) is 2. The van der Waals surface area contributed by atoms with Crippen LogP contribution >= 0.6 is 0 Å². The molecular formula is C15H28N2O. The highest BCUT2D eigenvalue weighted by Gasteiger charge is 2.62. The molecule has 18 heavy (non-hydrogen) atoms. The van der Waals surface area contributed by atoms with E-state index in [0.29, 0.717) is 24.0 Å². The zero-order valence-corrected chi connectivity index (χ0v) is 12.7. The SMILES string of the molecule is CC(C)N(C(C)C)[C@H]1C(=O)N2[C@@H](C)CCC[C@]12C. The molecule has 0 radical (unpaired) electrons. The first-order valence-electron chi connectivity index (χ1n) is 7.41. The Balaban J connectivity index is 2.27. The van der Waals surface area contributed by atoms with Crippen LogP contribution in [-0.4, -0.2) is 45.4 Å². The summed E-state index contributed by atoms with van der Waals surface area (Å²) in [5.41, 5.74) is 0.0727. The maximum Gasteiger partial charge on any atom is 0.243 e. The second-order valence-electron chi connectivity index (χ2n) is 6.84. The molecule has 2 aliphatic heterocycles. The average Bonchev–Trinajstić information content (AvgIpc) is 2.24. The van der Waals surface area contributed by atoms with Gasteiger partial charge in [-0.2, -0.15) is 0 Å². The van der Waals surface area contributed by atoms with Crippen LogP contribution in [0.15, 0.2) is 0 Å². The number of rotatable bonds is 3. The van der Waals surface area contributed by atoms with E-state index in [0.717, 1.165) is 12.8 Å². The molecule has 2 aliphatic rings. The minimum atomic E-state index is 0.0727. The van der Waals surface area contributed by atoms with Crippen molar-refractivity contribution in [2.75, 3.05) is 0 Å². The maximum absolute atomic E-state index is 12.5. The summed E-state index contributed by atoms with van der Waals surface area (Å²) in [5.74, 6) is 0.354. The van der Waals surface area contributed by atoms with E-state index in [9.17, 15) is 4.79 Å². The Labute approximate surface area is 112 Å². The van der Waals surface area contributed by atoms with Gasteiger partial charge in [0.15, 0.2) is 0 Å². The van der Waals surface area contributed by atoms with Crippen LogP contribution < -0.4 is 0 Å². The van der Waals surface area contributed by atoms with E-state index < -0.39 is 0 Å². The fourth-order valence-electron chi connectivity index (χ4n) is 4.22. The van der Waals surface area contributed by atoms with Gasteiger partial charge in [-0.3, -0.25) is 9.69 Å². The summed E-state index contributed by atoms with van der Waals surface area (Å²) in [6, 6.07) is 1.37. The van der Waals surface area contributed by atoms with Crippen LogP contribution in [0.3, 0.4) is 0 Å². The van der Waals surface area contributed by atoms with Gasteiger partial charge in [-0.15, -0.1) is 0 Å². The summed E-state index contributed by atoms with van der Waals surface area (Å²) in [5, 5.41) is 0. The Hall–Kier alpha value is -0.570. The Kier molecular flexibility index (Phi) is 3.48. The van der Waals surface area contributed by atoms with Gasteiger partial charge in [-0.05, 0) is 60.8 Å². The number of fused-ring (bicyclic) bond motifs is 1. The molecule has 2 heterocycles. The number of piperidine rings is 1. The molecule has 0 bridgehead atoms. The van der Waals surface area contributed by atoms with Crippen LogP contribution in [0.25, 0.3) is 0 Å². The highest BCUT2D eigenvalue weighted by atomic mass is 16.2. The summed E-state index contributed by atoms with van der Waals surface area (Å²) >= 11 is 0. The molecule has 0 spiro atoms. The molecule has 2 fully saturated rings. The van der Waals surface area contributed by atoms with Gasteiger partial charge in [0.2, 0.25) is 5.91 Å². The molecule has 0 aromatic carbocycles. The normalized spacial score (nSPS) is 36.3. The fourth-order valence-corrected chi connectivity index (χ4v) is 4.22. The lowest BCUT2D eigenvalue weighted by Crippen LogP contribution is -2.81. The van der Waals surface area contributed by atoms with Crippen molar-refractivity contribution in [2.45, 2.75) is 90.5 Å². The summed E-state index contributed by atoms with van der Waals surface area (Å²) in [6.45, 7) is 13.3. The molecule has 1 amide bonds. The molecule has 3 nitrogen and oxygen atoms in total. The molecule has 0 unspecified atom stereocenters. The zero-order chi connectivity index (χ0) is 13.7. The van der Waals surface area contributed by atoms with Gasteiger partial charge < -0.3 is 4.90 Å². The van der Waals surface area contributed by atoms with Crippen LogP contribution in [0.1, 0.15) is 60.8 Å². The Bertz CT molecular complexity index is 331. The molecule has 0 saturated carbocycles. The summed E-state index contributed by atoms with van der Waals surface area (Å²) in [6.07, 6.45) is 3.57. The number of carbonyl (C=O) groups excluding carboxylic acids is 1. The molecule has 0 aromatic rings. The monoisotopic (exact) mass is 252 g/mol. The van der Waals surface area contributed by atoms with Crippen LogP contribution in [0.4, 0.5) is 0 Å². The third-order valence-corrected chi connectivity index (χ3v) is 4.85. The van der Waals surface area contributed by atoms with Gasteiger partial charge in [0.25, 0.3) is 0 Å². The number of β-lactam (4-membered cyclic amide) rings is 1. The predicted octanol–water partition coefficient (Wildman–Crippen LogP) is 2.65. The largest absolute Gasteiger partial charge is 0.331 e. The van der Waals surface area contributed by atoms with Crippen molar-refractivity contribution in [2.24, 2.45) is 0 Å². The van der Waals surface area contributed by atoms with E-state index in [-0.39, 0.29) is 11.6 Å². The summed E-state index contributed by atoms with van der Waals surface area (Å²) in [7, 11) is 0. The topological polar surface area (TPSA) is 23.6 Å². The van der Waals surface area contributed by atoms with Crippen LogP contribution in [-0.2, 0) is 4.79 Å². The average molecular weight is 252 g/mol.